The van der Waals surface area contributed by atoms with Crippen molar-refractivity contribution in [2.75, 3.05) is 13.1 Å². The first-order chi connectivity index (χ1) is 9.72. The highest BCUT2D eigenvalue weighted by molar-refractivity contribution is 5.79. The van der Waals surface area contributed by atoms with Crippen LogP contribution in [0.2, 0.25) is 0 Å². The average Bonchev–Trinajstić information content (AvgIpc) is 2.76. The molecule has 2 heterocycles. The number of likely N-dealkylation sites (tertiary alicyclic amines) is 1. The van der Waals surface area contributed by atoms with Crippen LogP contribution in [0.5, 0.6) is 5.75 Å². The van der Waals surface area contributed by atoms with Gasteiger partial charge < -0.3 is 9.64 Å². The number of hydrogen-bond donors (Lipinski definition) is 1. The number of ether oxygens (including phenoxy) is 1. The normalized spacial score (nSPS) is 21.2. The first-order valence-corrected chi connectivity index (χ1v) is 7.56. The molecule has 1 aromatic heterocycles. The first kappa shape index (κ1) is 13.4. The summed E-state index contributed by atoms with van der Waals surface area (Å²) in [6, 6.07) is 6.78. The van der Waals surface area contributed by atoms with Gasteiger partial charge in [-0.2, -0.15) is 5.10 Å². The van der Waals surface area contributed by atoms with Crippen LogP contribution in [0.15, 0.2) is 24.4 Å². The molecule has 0 aliphatic carbocycles. The lowest BCUT2D eigenvalue weighted by atomic mass is 10.1. The maximum atomic E-state index is 6.17. The van der Waals surface area contributed by atoms with Gasteiger partial charge in [0.05, 0.1) is 17.8 Å². The summed E-state index contributed by atoms with van der Waals surface area (Å²) in [5, 5.41) is 8.12. The highest BCUT2D eigenvalue weighted by Crippen LogP contribution is 2.23. The van der Waals surface area contributed by atoms with E-state index in [1.54, 1.807) is 0 Å². The summed E-state index contributed by atoms with van der Waals surface area (Å²) in [4.78, 5) is 2.54. The van der Waals surface area contributed by atoms with Crippen LogP contribution in [0.25, 0.3) is 10.9 Å². The van der Waals surface area contributed by atoms with Gasteiger partial charge in [-0.25, -0.2) is 0 Å². The molecule has 1 saturated heterocycles. The highest BCUT2D eigenvalue weighted by Gasteiger charge is 2.19. The number of aromatic nitrogens is 2. The summed E-state index contributed by atoms with van der Waals surface area (Å²) < 4.78 is 6.17. The molecule has 1 unspecified atom stereocenters. The lowest BCUT2D eigenvalue weighted by Crippen LogP contribution is -2.32. The molecule has 1 atom stereocenters. The Labute approximate surface area is 120 Å². The van der Waals surface area contributed by atoms with Crippen molar-refractivity contribution >= 4 is 10.9 Å². The van der Waals surface area contributed by atoms with Gasteiger partial charge in [-0.15, -0.1) is 0 Å². The van der Waals surface area contributed by atoms with Gasteiger partial charge in [-0.05, 0) is 57.9 Å². The molecule has 1 fully saturated rings. The Morgan fingerprint density at radius 3 is 3.05 bits per heavy atom. The van der Waals surface area contributed by atoms with Crippen molar-refractivity contribution in [1.82, 2.24) is 15.1 Å². The molecule has 1 N–H and O–H groups in total. The summed E-state index contributed by atoms with van der Waals surface area (Å²) in [5.74, 6) is 0.960. The van der Waals surface area contributed by atoms with E-state index in [0.29, 0.717) is 12.1 Å². The number of aromatic amines is 1. The lowest BCUT2D eigenvalue weighted by molar-refractivity contribution is 0.174. The van der Waals surface area contributed by atoms with Gasteiger partial charge in [-0.1, -0.05) is 0 Å². The Hall–Kier alpha value is -1.55. The lowest BCUT2D eigenvalue weighted by Gasteiger charge is -2.24. The summed E-state index contributed by atoms with van der Waals surface area (Å²) in [6.07, 6.45) is 5.66. The van der Waals surface area contributed by atoms with E-state index in [9.17, 15) is 0 Å². The van der Waals surface area contributed by atoms with Gasteiger partial charge in [0.25, 0.3) is 0 Å². The van der Waals surface area contributed by atoms with Crippen molar-refractivity contribution in [2.24, 2.45) is 0 Å². The van der Waals surface area contributed by atoms with E-state index >= 15 is 0 Å². The Balaban J connectivity index is 1.65. The molecule has 1 aromatic carbocycles. The molecule has 2 aromatic rings. The fourth-order valence-electron chi connectivity index (χ4n) is 2.91. The van der Waals surface area contributed by atoms with E-state index in [2.05, 4.69) is 35.0 Å². The molecule has 3 rings (SSSR count). The number of fused-ring (bicyclic) bond motifs is 1. The van der Waals surface area contributed by atoms with E-state index in [1.807, 2.05) is 18.3 Å². The van der Waals surface area contributed by atoms with Crippen molar-refractivity contribution in [2.45, 2.75) is 45.3 Å². The topological polar surface area (TPSA) is 41.1 Å². The van der Waals surface area contributed by atoms with Crippen molar-refractivity contribution in [1.29, 1.82) is 0 Å². The van der Waals surface area contributed by atoms with Gasteiger partial charge in [0.2, 0.25) is 0 Å². The largest absolute Gasteiger partial charge is 0.490 e. The van der Waals surface area contributed by atoms with E-state index in [1.165, 1.54) is 13.0 Å². The molecule has 1 aliphatic heterocycles. The Bertz CT molecular complexity index is 564. The van der Waals surface area contributed by atoms with E-state index in [-0.39, 0.29) is 0 Å². The smallest absolute Gasteiger partial charge is 0.120 e. The first-order valence-electron chi connectivity index (χ1n) is 7.56. The van der Waals surface area contributed by atoms with Crippen molar-refractivity contribution in [3.05, 3.63) is 24.4 Å². The highest BCUT2D eigenvalue weighted by atomic mass is 16.5. The molecule has 0 saturated carbocycles. The van der Waals surface area contributed by atoms with Crippen LogP contribution in [-0.2, 0) is 0 Å². The molecular formula is C16H23N3O. The van der Waals surface area contributed by atoms with Crippen molar-refractivity contribution in [3.8, 4) is 5.75 Å². The number of rotatable bonds is 3. The van der Waals surface area contributed by atoms with Crippen LogP contribution in [0.3, 0.4) is 0 Å². The monoisotopic (exact) mass is 273 g/mol. The predicted octanol–water partition coefficient (Wildman–Crippen LogP) is 3.20. The zero-order valence-corrected chi connectivity index (χ0v) is 12.3. The number of benzene rings is 1. The fourth-order valence-corrected chi connectivity index (χ4v) is 2.91. The van der Waals surface area contributed by atoms with Gasteiger partial charge >= 0.3 is 0 Å². The fraction of sp³-hybridized carbons (Fsp3) is 0.562. The third kappa shape index (κ3) is 2.96. The Kier molecular flexibility index (Phi) is 3.92. The third-order valence-electron chi connectivity index (χ3n) is 4.15. The standard InChI is InChI=1S/C16H23N3O/c1-12(2)19-8-3-4-14(7-9-19)20-15-5-6-16-13(10-15)11-17-18-16/h5-6,10-12,14H,3-4,7-9H2,1-2H3,(H,17,18). The molecule has 1 aliphatic rings. The maximum Gasteiger partial charge on any atom is 0.120 e. The zero-order valence-electron chi connectivity index (χ0n) is 12.3. The molecule has 4 heteroatoms. The van der Waals surface area contributed by atoms with Gasteiger partial charge in [0.1, 0.15) is 5.75 Å². The quantitative estimate of drug-likeness (QED) is 0.933. The number of nitrogens with one attached hydrogen (secondary N) is 1. The molecule has 20 heavy (non-hydrogen) atoms. The zero-order chi connectivity index (χ0) is 13.9. The van der Waals surface area contributed by atoms with Crippen LogP contribution in [0, 0.1) is 0 Å². The molecule has 0 radical (unpaired) electrons. The summed E-state index contributed by atoms with van der Waals surface area (Å²) >= 11 is 0. The van der Waals surface area contributed by atoms with Gasteiger partial charge in [-0.3, -0.25) is 5.10 Å². The van der Waals surface area contributed by atoms with E-state index in [4.69, 9.17) is 4.74 Å². The van der Waals surface area contributed by atoms with E-state index < -0.39 is 0 Å². The van der Waals surface area contributed by atoms with Crippen LogP contribution in [-0.4, -0.2) is 40.3 Å². The van der Waals surface area contributed by atoms with Gasteiger partial charge in [0.15, 0.2) is 0 Å². The predicted molar refractivity (Wildman–Crippen MR) is 81.1 cm³/mol. The van der Waals surface area contributed by atoms with Crippen LogP contribution in [0.4, 0.5) is 0 Å². The molecular weight excluding hydrogens is 250 g/mol. The second kappa shape index (κ2) is 5.83. The summed E-state index contributed by atoms with van der Waals surface area (Å²) in [5.41, 5.74) is 1.06. The number of nitrogens with zero attached hydrogens (tertiary/aromatic N) is 2. The molecule has 108 valence electrons. The summed E-state index contributed by atoms with van der Waals surface area (Å²) in [6.45, 7) is 6.87. The second-order valence-electron chi connectivity index (χ2n) is 5.92. The average molecular weight is 273 g/mol. The molecule has 0 amide bonds. The van der Waals surface area contributed by atoms with Crippen LogP contribution in [0.1, 0.15) is 33.1 Å². The SMILES string of the molecule is CC(C)N1CCCC(Oc2ccc3[nH]ncc3c2)CC1. The summed E-state index contributed by atoms with van der Waals surface area (Å²) in [7, 11) is 0. The Morgan fingerprint density at radius 2 is 2.20 bits per heavy atom. The molecule has 0 bridgehead atoms. The van der Waals surface area contributed by atoms with Crippen LogP contribution >= 0.6 is 0 Å². The van der Waals surface area contributed by atoms with Crippen molar-refractivity contribution < 1.29 is 4.74 Å². The minimum atomic E-state index is 0.336. The molecule has 0 spiro atoms. The van der Waals surface area contributed by atoms with E-state index in [0.717, 1.165) is 36.0 Å². The molecule has 4 nitrogen and oxygen atoms in total. The van der Waals surface area contributed by atoms with Crippen LogP contribution < -0.4 is 4.74 Å². The third-order valence-corrected chi connectivity index (χ3v) is 4.15. The Morgan fingerprint density at radius 1 is 1.30 bits per heavy atom. The van der Waals surface area contributed by atoms with Crippen molar-refractivity contribution in [3.63, 3.8) is 0 Å². The second-order valence-corrected chi connectivity index (χ2v) is 5.92. The number of hydrogen-bond acceptors (Lipinski definition) is 3. The van der Waals surface area contributed by atoms with Gasteiger partial charge in [0, 0.05) is 18.0 Å². The number of H-pyrrole nitrogens is 1. The maximum absolute atomic E-state index is 6.17. The minimum absolute atomic E-state index is 0.336. The minimum Gasteiger partial charge on any atom is -0.490 e.